The summed E-state index contributed by atoms with van der Waals surface area (Å²) in [5, 5.41) is 0. The summed E-state index contributed by atoms with van der Waals surface area (Å²) >= 11 is 1.92. The van der Waals surface area contributed by atoms with Gasteiger partial charge in [-0.25, -0.2) is 28.8 Å². The highest BCUT2D eigenvalue weighted by Gasteiger charge is 2.41. The van der Waals surface area contributed by atoms with Crippen LogP contribution in [0.2, 0.25) is 0 Å². The van der Waals surface area contributed by atoms with Crippen LogP contribution in [-0.4, -0.2) is 115 Å². The highest BCUT2D eigenvalue weighted by molar-refractivity contribution is 8.09. The Morgan fingerprint density at radius 2 is 1.34 bits per heavy atom. The van der Waals surface area contributed by atoms with Gasteiger partial charge < -0.3 is 38.2 Å². The molecule has 16 heteroatoms. The lowest BCUT2D eigenvalue weighted by molar-refractivity contribution is -0.140. The highest BCUT2D eigenvalue weighted by atomic mass is 32.2. The van der Waals surface area contributed by atoms with Crippen molar-refractivity contribution in [3.63, 3.8) is 0 Å². The first-order chi connectivity index (χ1) is 22.1. The van der Waals surface area contributed by atoms with Crippen molar-refractivity contribution < 1.29 is 57.2 Å². The lowest BCUT2D eigenvalue weighted by Crippen LogP contribution is -2.36. The van der Waals surface area contributed by atoms with E-state index in [0.717, 1.165) is 35.7 Å². The van der Waals surface area contributed by atoms with Gasteiger partial charge >= 0.3 is 35.8 Å². The molecule has 0 aromatic heterocycles. The molecule has 1 heterocycles. The van der Waals surface area contributed by atoms with Gasteiger partial charge in [-0.15, -0.1) is 0 Å². The minimum absolute atomic E-state index is 0.0364. The molecule has 2 rings (SSSR count). The van der Waals surface area contributed by atoms with Gasteiger partial charge in [0.1, 0.15) is 21.1 Å². The largest absolute Gasteiger partial charge is 0.466 e. The lowest BCUT2D eigenvalue weighted by Gasteiger charge is -2.37. The Labute approximate surface area is 281 Å². The first-order valence-electron chi connectivity index (χ1n) is 13.7. The molecule has 0 aromatic rings. The van der Waals surface area contributed by atoms with Gasteiger partial charge in [0.05, 0.1) is 54.4 Å². The second-order valence-electron chi connectivity index (χ2n) is 10.4. The fourth-order valence-corrected chi connectivity index (χ4v) is 6.96. The molecule has 0 amide bonds. The summed E-state index contributed by atoms with van der Waals surface area (Å²) in [5.41, 5.74) is -0.125. The Kier molecular flexibility index (Phi) is 14.0. The standard InChI is InChI=1S/C31H38N2O12S2/c1-31(2)15-19(46-18(28(37)43-8)14-22(35)41-6)23-20(16-31)47-26(30(39)45-10)24(29(38)44-9)25(23)33(4)12-11-32(3)17(27(36)42-7)13-21(34)40-5/h13-16H,11-12H2,1-10H3/b17-13+,18-14-. The zero-order chi connectivity index (χ0) is 35.6. The van der Waals surface area contributed by atoms with Gasteiger partial charge in [-0.3, -0.25) is 0 Å². The van der Waals surface area contributed by atoms with Crippen LogP contribution in [0.15, 0.2) is 66.5 Å². The Hall–Kier alpha value is -4.44. The average molecular weight is 695 g/mol. The van der Waals surface area contributed by atoms with Crippen LogP contribution in [0.5, 0.6) is 0 Å². The Morgan fingerprint density at radius 1 is 0.766 bits per heavy atom. The van der Waals surface area contributed by atoms with E-state index >= 15 is 0 Å². The fraction of sp³-hybridized carbons (Fsp3) is 0.419. The number of methoxy groups -OCH3 is 6. The summed E-state index contributed by atoms with van der Waals surface area (Å²) < 4.78 is 29.3. The lowest BCUT2D eigenvalue weighted by atomic mass is 9.85. The second kappa shape index (κ2) is 16.9. The summed E-state index contributed by atoms with van der Waals surface area (Å²) in [7, 11) is 10.2. The molecule has 0 aromatic carbocycles. The molecular weight excluding hydrogens is 656 g/mol. The third-order valence-corrected chi connectivity index (χ3v) is 8.81. The van der Waals surface area contributed by atoms with Gasteiger partial charge in [-0.2, -0.15) is 0 Å². The number of carbonyl (C=O) groups excluding carboxylic acids is 6. The van der Waals surface area contributed by atoms with Crippen molar-refractivity contribution in [2.24, 2.45) is 5.41 Å². The number of thioether (sulfide) groups is 2. The molecule has 0 fully saturated rings. The number of hydrogen-bond acceptors (Lipinski definition) is 16. The number of fused-ring (bicyclic) bond motifs is 1. The molecule has 0 N–H and O–H groups in total. The second-order valence-corrected chi connectivity index (χ2v) is 12.5. The molecule has 0 spiro atoms. The van der Waals surface area contributed by atoms with Crippen LogP contribution < -0.4 is 0 Å². The molecule has 0 saturated heterocycles. The number of nitrogens with zero attached hydrogens (tertiary/aromatic N) is 2. The molecule has 1 aliphatic heterocycles. The zero-order valence-corrected chi connectivity index (χ0v) is 29.5. The summed E-state index contributed by atoms with van der Waals surface area (Å²) in [6.07, 6.45) is 5.72. The van der Waals surface area contributed by atoms with Crippen LogP contribution in [0.3, 0.4) is 0 Å². The molecule has 0 saturated carbocycles. The molecule has 1 aliphatic carbocycles. The van der Waals surface area contributed by atoms with Crippen LogP contribution in [0.25, 0.3) is 0 Å². The van der Waals surface area contributed by atoms with Crippen molar-refractivity contribution >= 4 is 59.3 Å². The van der Waals surface area contributed by atoms with E-state index in [1.54, 1.807) is 19.0 Å². The first kappa shape index (κ1) is 38.7. The van der Waals surface area contributed by atoms with Crippen LogP contribution in [0, 0.1) is 5.41 Å². The molecule has 0 radical (unpaired) electrons. The molecule has 14 nitrogen and oxygen atoms in total. The molecule has 2 aliphatic rings. The minimum Gasteiger partial charge on any atom is -0.466 e. The summed E-state index contributed by atoms with van der Waals surface area (Å²) in [4.78, 5) is 80.0. The van der Waals surface area contributed by atoms with Crippen molar-refractivity contribution in [1.29, 1.82) is 0 Å². The van der Waals surface area contributed by atoms with E-state index < -0.39 is 41.2 Å². The maximum absolute atomic E-state index is 13.4. The highest BCUT2D eigenvalue weighted by Crippen LogP contribution is 2.54. The number of rotatable bonds is 13. The van der Waals surface area contributed by atoms with Crippen molar-refractivity contribution in [2.45, 2.75) is 13.8 Å². The summed E-state index contributed by atoms with van der Waals surface area (Å²) in [5.74, 6) is -4.77. The molecule has 0 atom stereocenters. The smallest absolute Gasteiger partial charge is 0.354 e. The normalized spacial score (nSPS) is 15.8. The van der Waals surface area contributed by atoms with E-state index in [1.807, 2.05) is 26.0 Å². The number of likely N-dealkylation sites (N-methyl/N-ethyl adjacent to an activating group) is 2. The average Bonchev–Trinajstić information content (AvgIpc) is 3.05. The van der Waals surface area contributed by atoms with Gasteiger partial charge in [-0.1, -0.05) is 49.5 Å². The van der Waals surface area contributed by atoms with Gasteiger partial charge in [0, 0.05) is 54.1 Å². The Morgan fingerprint density at radius 3 is 1.87 bits per heavy atom. The van der Waals surface area contributed by atoms with E-state index in [9.17, 15) is 28.8 Å². The molecule has 47 heavy (non-hydrogen) atoms. The van der Waals surface area contributed by atoms with E-state index in [1.165, 1.54) is 47.6 Å². The van der Waals surface area contributed by atoms with Crippen LogP contribution in [0.1, 0.15) is 13.8 Å². The number of hydrogen-bond donors (Lipinski definition) is 0. The van der Waals surface area contributed by atoms with Gasteiger partial charge in [-0.05, 0) is 0 Å². The molecule has 256 valence electrons. The van der Waals surface area contributed by atoms with Gasteiger partial charge in [0.25, 0.3) is 0 Å². The Bertz CT molecular complexity index is 1520. The van der Waals surface area contributed by atoms with E-state index in [2.05, 4.69) is 4.74 Å². The third-order valence-electron chi connectivity index (χ3n) is 6.64. The monoisotopic (exact) mass is 694 g/mol. The zero-order valence-electron chi connectivity index (χ0n) is 27.8. The van der Waals surface area contributed by atoms with E-state index in [0.29, 0.717) is 15.4 Å². The van der Waals surface area contributed by atoms with Crippen molar-refractivity contribution in [3.8, 4) is 0 Å². The topological polar surface area (TPSA) is 164 Å². The van der Waals surface area contributed by atoms with Crippen molar-refractivity contribution in [3.05, 3.63) is 66.5 Å². The fourth-order valence-electron chi connectivity index (χ4n) is 4.33. The molecule has 0 bridgehead atoms. The predicted molar refractivity (Wildman–Crippen MR) is 173 cm³/mol. The van der Waals surface area contributed by atoms with Crippen molar-refractivity contribution in [1.82, 2.24) is 9.80 Å². The summed E-state index contributed by atoms with van der Waals surface area (Å²) in [6.45, 7) is 4.02. The van der Waals surface area contributed by atoms with E-state index in [4.69, 9.17) is 23.7 Å². The SMILES string of the molecule is COC(=O)/C=C(\SC1=CC(C)(C)C=C2SC(C(=O)OC)=C(C(=O)OC)C(N(C)CCN(C)/C(=C/C(=O)OC)C(=O)OC)=C21)C(=O)OC. The molecular formula is C31H38N2O12S2. The number of esters is 6. The molecule has 0 unspecified atom stereocenters. The van der Waals surface area contributed by atoms with Crippen molar-refractivity contribution in [2.75, 3.05) is 69.8 Å². The maximum atomic E-state index is 13.4. The first-order valence-corrected chi connectivity index (χ1v) is 15.4. The van der Waals surface area contributed by atoms with Crippen LogP contribution >= 0.6 is 23.5 Å². The number of carbonyl (C=O) groups is 6. The number of allylic oxidation sites excluding steroid dienone is 4. The Balaban J connectivity index is 2.87. The maximum Gasteiger partial charge on any atom is 0.354 e. The third kappa shape index (κ3) is 9.54. The van der Waals surface area contributed by atoms with Crippen LogP contribution in [0.4, 0.5) is 0 Å². The summed E-state index contributed by atoms with van der Waals surface area (Å²) in [6, 6.07) is 0. The van der Waals surface area contributed by atoms with Gasteiger partial charge in [0.2, 0.25) is 0 Å². The number of ether oxygens (including phenoxy) is 6. The predicted octanol–water partition coefficient (Wildman–Crippen LogP) is 2.45. The van der Waals surface area contributed by atoms with E-state index in [-0.39, 0.29) is 39.9 Å². The van der Waals surface area contributed by atoms with Crippen LogP contribution in [-0.2, 0) is 57.2 Å². The minimum atomic E-state index is -0.840. The van der Waals surface area contributed by atoms with Gasteiger partial charge in [0.15, 0.2) is 0 Å². The quantitative estimate of drug-likeness (QED) is 0.157.